The van der Waals surface area contributed by atoms with Crippen molar-refractivity contribution in [2.75, 3.05) is 20.8 Å². The highest BCUT2D eigenvalue weighted by atomic mass is 16.5. The fourth-order valence-corrected chi connectivity index (χ4v) is 8.99. The topological polar surface area (TPSA) is 175 Å². The molecular formula is C43H46N8O6. The highest BCUT2D eigenvalue weighted by Gasteiger charge is 2.57. The van der Waals surface area contributed by atoms with E-state index in [1.165, 1.54) is 14.2 Å². The first-order valence-electron chi connectivity index (χ1n) is 19.6. The molecule has 4 aliphatic rings. The predicted molar refractivity (Wildman–Crippen MR) is 211 cm³/mol. The number of hydrogen-bond donors (Lipinski definition) is 4. The summed E-state index contributed by atoms with van der Waals surface area (Å²) in [6, 6.07) is 20.5. The molecule has 2 saturated heterocycles. The van der Waals surface area contributed by atoms with Crippen LogP contribution < -0.4 is 10.6 Å². The quantitative estimate of drug-likeness (QED) is 0.127. The monoisotopic (exact) mass is 770 g/mol. The van der Waals surface area contributed by atoms with Gasteiger partial charge in [0.2, 0.25) is 11.8 Å². The number of imidazole rings is 2. The van der Waals surface area contributed by atoms with E-state index in [9.17, 15) is 19.2 Å². The van der Waals surface area contributed by atoms with Crippen LogP contribution in [0.5, 0.6) is 0 Å². The fourth-order valence-electron chi connectivity index (χ4n) is 8.99. The largest absolute Gasteiger partial charge is 0.453 e. The Morgan fingerprint density at radius 1 is 0.702 bits per heavy atom. The van der Waals surface area contributed by atoms with Crippen molar-refractivity contribution in [2.24, 2.45) is 17.8 Å². The third-order valence-corrected chi connectivity index (χ3v) is 12.2. The van der Waals surface area contributed by atoms with Gasteiger partial charge in [-0.15, -0.1) is 0 Å². The molecule has 0 radical (unpaired) electrons. The van der Waals surface area contributed by atoms with Crippen molar-refractivity contribution in [1.29, 1.82) is 0 Å². The first-order chi connectivity index (χ1) is 27.6. The number of aromatic nitrogens is 4. The summed E-state index contributed by atoms with van der Waals surface area (Å²) in [5, 5.41) is 7.45. The van der Waals surface area contributed by atoms with E-state index in [1.54, 1.807) is 0 Å². The van der Waals surface area contributed by atoms with Crippen molar-refractivity contribution in [3.63, 3.8) is 0 Å². The Balaban J connectivity index is 0.875. The Hall–Kier alpha value is -6.18. The number of amides is 4. The molecule has 4 N–H and O–H groups in total. The average molecular weight is 771 g/mol. The number of likely N-dealkylation sites (tertiary alicyclic amines) is 2. The Labute approximate surface area is 329 Å². The van der Waals surface area contributed by atoms with Crippen molar-refractivity contribution < 1.29 is 28.7 Å². The van der Waals surface area contributed by atoms with E-state index in [0.29, 0.717) is 11.8 Å². The summed E-state index contributed by atoms with van der Waals surface area (Å²) in [6.45, 7) is 3.74. The molecule has 4 fully saturated rings. The Kier molecular flexibility index (Phi) is 9.21. The number of fused-ring (bicyclic) bond motifs is 3. The second kappa shape index (κ2) is 14.4. The zero-order chi connectivity index (χ0) is 39.5. The summed E-state index contributed by atoms with van der Waals surface area (Å²) >= 11 is 0. The molecule has 2 aliphatic heterocycles. The van der Waals surface area contributed by atoms with Gasteiger partial charge in [-0.25, -0.2) is 19.6 Å². The van der Waals surface area contributed by atoms with Crippen LogP contribution in [0.3, 0.4) is 0 Å². The van der Waals surface area contributed by atoms with Gasteiger partial charge < -0.3 is 39.9 Å². The summed E-state index contributed by atoms with van der Waals surface area (Å²) < 4.78 is 9.42. The summed E-state index contributed by atoms with van der Waals surface area (Å²) in [4.78, 5) is 70.6. The number of piperidine rings is 2. The lowest BCUT2D eigenvalue weighted by Gasteiger charge is -2.31. The third-order valence-electron chi connectivity index (χ3n) is 12.2. The van der Waals surface area contributed by atoms with Gasteiger partial charge in [0.1, 0.15) is 24.2 Å². The van der Waals surface area contributed by atoms with Crippen molar-refractivity contribution in [3.05, 3.63) is 84.7 Å². The second-order valence-corrected chi connectivity index (χ2v) is 16.1. The normalized spacial score (nSPS) is 23.5. The number of benzene rings is 3. The minimum atomic E-state index is -0.676. The van der Waals surface area contributed by atoms with Crippen LogP contribution in [0.2, 0.25) is 0 Å². The van der Waals surface area contributed by atoms with Crippen LogP contribution in [0.4, 0.5) is 9.59 Å². The number of alkyl carbamates (subject to hydrolysis) is 2. The highest BCUT2D eigenvalue weighted by Crippen LogP contribution is 2.54. The van der Waals surface area contributed by atoms with Gasteiger partial charge in [0.25, 0.3) is 0 Å². The summed E-state index contributed by atoms with van der Waals surface area (Å²) in [5.74, 6) is 2.10. The molecule has 2 aromatic heterocycles. The van der Waals surface area contributed by atoms with Gasteiger partial charge in [-0.05, 0) is 83.0 Å². The highest BCUT2D eigenvalue weighted by molar-refractivity contribution is 5.91. The molecule has 5 aromatic rings. The van der Waals surface area contributed by atoms with Gasteiger partial charge in [-0.3, -0.25) is 9.59 Å². The van der Waals surface area contributed by atoms with Crippen LogP contribution in [-0.2, 0) is 19.1 Å². The standard InChI is InChI=1S/C43H46N8O6/c1-22(2)38(49-43(55)57-4)41(53)51-34-16-30(34)18-36(51)40-45-20-32(48-40)28-12-11-26-13-25(9-10-27(26)14-28)23-5-7-24(8-6-23)31-19-44-39(47-31)35-17-29-15-33(29)50(35)37(52)21-46-42(54)56-3/h5-14,19-20,22,29-30,33-36,38H,15-18,21H2,1-4H3,(H,44,47)(H,45,48)(H,46,54)(H,49,55)/t29?,30?,33?,34?,35-,36-,38-/m0/s1. The van der Waals surface area contributed by atoms with Gasteiger partial charge in [0, 0.05) is 17.6 Å². The lowest BCUT2D eigenvalue weighted by molar-refractivity contribution is -0.136. The molecule has 14 nitrogen and oxygen atoms in total. The van der Waals surface area contributed by atoms with Gasteiger partial charge in [0.15, 0.2) is 0 Å². The lowest BCUT2D eigenvalue weighted by Crippen LogP contribution is -2.52. The van der Waals surface area contributed by atoms with Gasteiger partial charge in [-0.1, -0.05) is 62.4 Å². The third kappa shape index (κ3) is 6.87. The predicted octanol–water partition coefficient (Wildman–Crippen LogP) is 6.35. The number of aromatic amines is 2. The second-order valence-electron chi connectivity index (χ2n) is 16.1. The summed E-state index contributed by atoms with van der Waals surface area (Å²) in [6.07, 6.45) is 6.09. The molecule has 2 aliphatic carbocycles. The van der Waals surface area contributed by atoms with E-state index in [2.05, 4.69) is 91.0 Å². The number of H-pyrrole nitrogens is 2. The Bertz CT molecular complexity index is 2370. The molecule has 4 heterocycles. The van der Waals surface area contributed by atoms with Crippen LogP contribution in [0, 0.1) is 17.8 Å². The number of methoxy groups -OCH3 is 2. The molecule has 3 aromatic carbocycles. The van der Waals surface area contributed by atoms with E-state index in [1.807, 2.05) is 36.0 Å². The van der Waals surface area contributed by atoms with Crippen LogP contribution in [0.25, 0.3) is 44.4 Å². The number of nitrogens with one attached hydrogen (secondary N) is 4. The molecule has 2 saturated carbocycles. The van der Waals surface area contributed by atoms with Crippen molar-refractivity contribution >= 4 is 34.8 Å². The van der Waals surface area contributed by atoms with Gasteiger partial charge >= 0.3 is 12.2 Å². The molecule has 57 heavy (non-hydrogen) atoms. The van der Waals surface area contributed by atoms with E-state index >= 15 is 0 Å². The van der Waals surface area contributed by atoms with Crippen LogP contribution in [0.1, 0.15) is 63.3 Å². The van der Waals surface area contributed by atoms with Crippen molar-refractivity contribution in [2.45, 2.75) is 69.7 Å². The molecule has 4 unspecified atom stereocenters. The number of carbonyl (C=O) groups excluding carboxylic acids is 4. The number of ether oxygens (including phenoxy) is 2. The Morgan fingerprint density at radius 2 is 1.23 bits per heavy atom. The Morgan fingerprint density at radius 3 is 1.84 bits per heavy atom. The molecular weight excluding hydrogens is 725 g/mol. The maximum atomic E-state index is 13.8. The van der Waals surface area contributed by atoms with E-state index in [0.717, 1.165) is 81.7 Å². The fraction of sp³-hybridized carbons (Fsp3) is 0.395. The summed E-state index contributed by atoms with van der Waals surface area (Å²) in [7, 11) is 2.58. The number of hydrogen-bond acceptors (Lipinski definition) is 8. The van der Waals surface area contributed by atoms with E-state index in [4.69, 9.17) is 9.72 Å². The lowest BCUT2D eigenvalue weighted by atomic mass is 9.98. The molecule has 0 spiro atoms. The van der Waals surface area contributed by atoms with Gasteiger partial charge in [-0.2, -0.15) is 0 Å². The number of nitrogens with zero attached hydrogens (tertiary/aromatic N) is 4. The SMILES string of the molecule is COC(=O)NCC(=O)N1C2CC2C[C@H]1c1ncc(-c2ccc(-c3ccc4cc(-c5cnc([C@@H]6CC7CC7N6C(=O)[C@@H](NC(=O)OC)C(C)C)[nH]5)ccc4c3)cc2)[nH]1. The molecule has 4 amide bonds. The van der Waals surface area contributed by atoms with Crippen molar-refractivity contribution in [1.82, 2.24) is 40.4 Å². The molecule has 14 heteroatoms. The average Bonchev–Trinajstić information content (AvgIpc) is 3.81. The number of carbonyl (C=O) groups is 4. The van der Waals surface area contributed by atoms with Gasteiger partial charge in [0.05, 0.1) is 50.1 Å². The first kappa shape index (κ1) is 36.5. The van der Waals surface area contributed by atoms with E-state index < -0.39 is 18.2 Å². The molecule has 7 atom stereocenters. The maximum Gasteiger partial charge on any atom is 0.407 e. The smallest absolute Gasteiger partial charge is 0.407 e. The zero-order valence-corrected chi connectivity index (χ0v) is 32.3. The van der Waals surface area contributed by atoms with Crippen LogP contribution in [-0.4, -0.2) is 92.6 Å². The zero-order valence-electron chi connectivity index (χ0n) is 32.3. The van der Waals surface area contributed by atoms with Crippen LogP contribution >= 0.6 is 0 Å². The first-order valence-corrected chi connectivity index (χ1v) is 19.6. The van der Waals surface area contributed by atoms with Crippen molar-refractivity contribution in [3.8, 4) is 33.6 Å². The minimum Gasteiger partial charge on any atom is -0.453 e. The van der Waals surface area contributed by atoms with Crippen LogP contribution in [0.15, 0.2) is 73.1 Å². The summed E-state index contributed by atoms with van der Waals surface area (Å²) in [5.41, 5.74) is 5.95. The molecule has 9 rings (SSSR count). The minimum absolute atomic E-state index is 0.0965. The maximum absolute atomic E-state index is 13.8. The molecule has 0 bridgehead atoms. The molecule has 294 valence electrons. The number of rotatable bonds is 10. The van der Waals surface area contributed by atoms with E-state index in [-0.39, 0.29) is 48.4 Å².